The van der Waals surface area contributed by atoms with Gasteiger partial charge in [0.1, 0.15) is 0 Å². The first-order valence-corrected chi connectivity index (χ1v) is 17.8. The Balaban J connectivity index is 2.57. The summed E-state index contributed by atoms with van der Waals surface area (Å²) in [6.07, 6.45) is 6.62. The average molecular weight is 607 g/mol. The molecular formula is C38H66N6. The van der Waals surface area contributed by atoms with Crippen molar-refractivity contribution in [2.45, 2.75) is 148 Å². The van der Waals surface area contributed by atoms with Gasteiger partial charge in [0.05, 0.1) is 17.1 Å². The van der Waals surface area contributed by atoms with Gasteiger partial charge in [-0.2, -0.15) is 15.3 Å². The summed E-state index contributed by atoms with van der Waals surface area (Å²) < 4.78 is 7.16. The Kier molecular flexibility index (Phi) is 12.5. The fourth-order valence-corrected chi connectivity index (χ4v) is 6.68. The highest BCUT2D eigenvalue weighted by Gasteiger charge is 2.45. The molecule has 3 heterocycles. The molecule has 0 aliphatic carbocycles. The molecule has 6 nitrogen and oxygen atoms in total. The van der Waals surface area contributed by atoms with Gasteiger partial charge >= 0.3 is 0 Å². The minimum absolute atomic E-state index is 0.383. The maximum atomic E-state index is 5.56. The average Bonchev–Trinajstić information content (AvgIpc) is 3.53. The van der Waals surface area contributed by atoms with E-state index in [1.807, 2.05) is 0 Å². The summed E-state index contributed by atoms with van der Waals surface area (Å²) in [5.74, 6) is 2.75. The molecule has 0 saturated carbocycles. The predicted molar refractivity (Wildman–Crippen MR) is 186 cm³/mol. The summed E-state index contributed by atoms with van der Waals surface area (Å²) >= 11 is 0. The van der Waals surface area contributed by atoms with Gasteiger partial charge in [-0.3, -0.25) is 0 Å². The lowest BCUT2D eigenvalue weighted by molar-refractivity contribution is 0.0719. The monoisotopic (exact) mass is 607 g/mol. The summed E-state index contributed by atoms with van der Waals surface area (Å²) in [4.78, 5) is 0. The van der Waals surface area contributed by atoms with Gasteiger partial charge < -0.3 is 0 Å². The van der Waals surface area contributed by atoms with Gasteiger partial charge in [-0.15, -0.1) is 0 Å². The Hall–Kier alpha value is -2.37. The molecule has 0 amide bonds. The third kappa shape index (κ3) is 9.10. The van der Waals surface area contributed by atoms with E-state index in [0.717, 1.165) is 44.9 Å². The lowest BCUT2D eigenvalue weighted by atomic mass is 9.99. The molecule has 0 aromatic carbocycles. The Morgan fingerprint density at radius 2 is 0.659 bits per heavy atom. The van der Waals surface area contributed by atoms with Crippen molar-refractivity contribution >= 4 is 0 Å². The molecule has 0 saturated heterocycles. The van der Waals surface area contributed by atoms with E-state index in [-0.39, 0.29) is 0 Å². The van der Waals surface area contributed by atoms with Crippen molar-refractivity contribution in [3.8, 4) is 0 Å². The topological polar surface area (TPSA) is 53.5 Å². The Morgan fingerprint density at radius 3 is 0.864 bits per heavy atom. The van der Waals surface area contributed by atoms with E-state index in [4.69, 9.17) is 15.3 Å². The van der Waals surface area contributed by atoms with E-state index in [0.29, 0.717) is 41.4 Å². The molecule has 0 aliphatic rings. The lowest BCUT2D eigenvalue weighted by Crippen LogP contribution is -2.53. The first-order valence-electron chi connectivity index (χ1n) is 17.8. The number of hydrogen-bond donors (Lipinski definition) is 0. The van der Waals surface area contributed by atoms with E-state index in [1.165, 1.54) is 34.2 Å². The Bertz CT molecular complexity index is 1150. The van der Waals surface area contributed by atoms with Crippen LogP contribution in [-0.4, -0.2) is 29.3 Å². The maximum absolute atomic E-state index is 5.56. The van der Waals surface area contributed by atoms with Crippen LogP contribution in [0.1, 0.15) is 138 Å². The molecule has 3 aromatic heterocycles. The van der Waals surface area contributed by atoms with Crippen molar-refractivity contribution in [1.82, 2.24) is 29.3 Å². The molecule has 6 heteroatoms. The molecule has 0 fully saturated rings. The van der Waals surface area contributed by atoms with Crippen molar-refractivity contribution < 1.29 is 0 Å². The minimum Gasteiger partial charge on any atom is -0.221 e. The third-order valence-electron chi connectivity index (χ3n) is 7.91. The van der Waals surface area contributed by atoms with Crippen LogP contribution in [0.3, 0.4) is 0 Å². The fraction of sp³-hybridized carbons (Fsp3) is 0.763. The molecule has 0 atom stereocenters. The van der Waals surface area contributed by atoms with Crippen LogP contribution >= 0.6 is 0 Å². The largest absolute Gasteiger partial charge is 0.249 e. The molecule has 0 bridgehead atoms. The zero-order valence-electron chi connectivity index (χ0n) is 30.9. The molecule has 3 aromatic rings. The minimum atomic E-state index is -0.730. The number of nitrogens with zero attached hydrogens (tertiary/aromatic N) is 6. The molecule has 0 radical (unpaired) electrons. The van der Waals surface area contributed by atoms with Crippen molar-refractivity contribution in [3.63, 3.8) is 0 Å². The SMILES string of the molecule is CC(C)Cc1cc(CC(C)C)n(C(CC(C)C)(n2nc(CC(C)C)cc2CC(C)C)n2nc(CC(C)C)cc2CC(C)C)n1. The van der Waals surface area contributed by atoms with Crippen molar-refractivity contribution in [3.05, 3.63) is 52.4 Å². The van der Waals surface area contributed by atoms with Gasteiger partial charge in [-0.25, -0.2) is 14.0 Å². The lowest BCUT2D eigenvalue weighted by Gasteiger charge is -2.40. The van der Waals surface area contributed by atoms with Gasteiger partial charge in [0.2, 0.25) is 5.79 Å². The first-order chi connectivity index (χ1) is 20.5. The summed E-state index contributed by atoms with van der Waals surface area (Å²) in [6, 6.07) is 7.16. The Labute approximate surface area is 270 Å². The highest BCUT2D eigenvalue weighted by atomic mass is 15.6. The van der Waals surface area contributed by atoms with Crippen LogP contribution in [0.2, 0.25) is 0 Å². The van der Waals surface area contributed by atoms with Crippen LogP contribution in [0.25, 0.3) is 0 Å². The van der Waals surface area contributed by atoms with Gasteiger partial charge in [0.15, 0.2) is 0 Å². The molecule has 0 unspecified atom stereocenters. The molecule has 44 heavy (non-hydrogen) atoms. The van der Waals surface area contributed by atoms with Crippen molar-refractivity contribution in [2.24, 2.45) is 41.4 Å². The molecular weight excluding hydrogens is 540 g/mol. The van der Waals surface area contributed by atoms with Crippen LogP contribution in [0, 0.1) is 41.4 Å². The smallest absolute Gasteiger partial charge is 0.221 e. The zero-order chi connectivity index (χ0) is 32.9. The molecule has 0 aliphatic heterocycles. The van der Waals surface area contributed by atoms with Crippen molar-refractivity contribution in [1.29, 1.82) is 0 Å². The van der Waals surface area contributed by atoms with Gasteiger partial charge in [0, 0.05) is 23.5 Å². The summed E-state index contributed by atoms with van der Waals surface area (Å²) in [5.41, 5.74) is 7.36. The maximum Gasteiger partial charge on any atom is 0.249 e. The highest BCUT2D eigenvalue weighted by Crippen LogP contribution is 2.36. The highest BCUT2D eigenvalue weighted by molar-refractivity contribution is 5.22. The standard InChI is InChI=1S/C38H66N6/c1-25(2)15-32-21-35(18-28(7)8)42(39-32)38(24-31(13)14,43-36(19-29(9)10)22-33(40-43)16-26(3)4)44-37(20-30(11)12)23-34(41-44)17-27(5)6/h21-23,25-31H,15-20,24H2,1-14H3. The number of hydrogen-bond acceptors (Lipinski definition) is 3. The molecule has 0 spiro atoms. The van der Waals surface area contributed by atoms with Crippen LogP contribution in [0.4, 0.5) is 0 Å². The molecule has 0 N–H and O–H groups in total. The first kappa shape index (κ1) is 36.1. The molecule has 248 valence electrons. The number of rotatable bonds is 17. The van der Waals surface area contributed by atoms with E-state index < -0.39 is 5.79 Å². The van der Waals surface area contributed by atoms with Gasteiger partial charge in [-0.1, -0.05) is 96.9 Å². The van der Waals surface area contributed by atoms with E-state index in [1.54, 1.807) is 0 Å². The summed E-state index contributed by atoms with van der Waals surface area (Å²) in [6.45, 7) is 32.4. The van der Waals surface area contributed by atoms with E-state index in [2.05, 4.69) is 129 Å². The van der Waals surface area contributed by atoms with E-state index in [9.17, 15) is 0 Å². The van der Waals surface area contributed by atoms with Gasteiger partial charge in [0.25, 0.3) is 0 Å². The Morgan fingerprint density at radius 1 is 0.409 bits per heavy atom. The van der Waals surface area contributed by atoms with Crippen LogP contribution in [0.15, 0.2) is 18.2 Å². The zero-order valence-corrected chi connectivity index (χ0v) is 30.9. The second-order valence-electron chi connectivity index (χ2n) is 16.6. The third-order valence-corrected chi connectivity index (χ3v) is 7.91. The van der Waals surface area contributed by atoms with Crippen LogP contribution < -0.4 is 0 Å². The quantitative estimate of drug-likeness (QED) is 0.154. The predicted octanol–water partition coefficient (Wildman–Crippen LogP) is 9.22. The van der Waals surface area contributed by atoms with Crippen molar-refractivity contribution in [2.75, 3.05) is 0 Å². The number of aromatic nitrogens is 6. The second kappa shape index (κ2) is 15.3. The summed E-state index contributed by atoms with van der Waals surface area (Å²) in [7, 11) is 0. The van der Waals surface area contributed by atoms with Crippen LogP contribution in [0.5, 0.6) is 0 Å². The summed E-state index contributed by atoms with van der Waals surface area (Å²) in [5, 5.41) is 16.7. The van der Waals surface area contributed by atoms with Crippen LogP contribution in [-0.2, 0) is 44.3 Å². The molecule has 3 rings (SSSR count). The fourth-order valence-electron chi connectivity index (χ4n) is 6.68. The second-order valence-corrected chi connectivity index (χ2v) is 16.6. The normalized spacial score (nSPS) is 13.0. The van der Waals surface area contributed by atoms with Gasteiger partial charge in [-0.05, 0) is 98.1 Å². The van der Waals surface area contributed by atoms with E-state index >= 15 is 0 Å².